The van der Waals surface area contributed by atoms with E-state index in [1.807, 2.05) is 13.2 Å². The number of aliphatic hydroxyl groups is 1. The minimum absolute atomic E-state index is 0.0163. The fourth-order valence-electron chi connectivity index (χ4n) is 4.90. The Morgan fingerprint density at radius 3 is 2.75 bits per heavy atom. The molecule has 3 N–H and O–H groups in total. The Bertz CT molecular complexity index is 1000. The van der Waals surface area contributed by atoms with Crippen LogP contribution < -0.4 is 10.2 Å². The number of amides is 1. The van der Waals surface area contributed by atoms with E-state index in [1.165, 1.54) is 11.1 Å². The van der Waals surface area contributed by atoms with E-state index in [4.69, 9.17) is 0 Å². The van der Waals surface area contributed by atoms with E-state index < -0.39 is 0 Å². The predicted molar refractivity (Wildman–Crippen MR) is 134 cm³/mol. The smallest absolute Gasteiger partial charge is 0.242 e. The number of carbonyl (C=O) groups is 1. The molecule has 0 fully saturated rings. The highest BCUT2D eigenvalue weighted by atomic mass is 16.3. The molecule has 174 valence electrons. The number of nitrogens with one attached hydrogen (secondary N) is 2. The third-order valence-corrected chi connectivity index (χ3v) is 6.92. The summed E-state index contributed by atoms with van der Waals surface area (Å²) < 4.78 is 0. The highest BCUT2D eigenvalue weighted by Crippen LogP contribution is 2.41. The number of H-pyrrole nitrogens is 1. The Morgan fingerprint density at radius 1 is 1.38 bits per heavy atom. The first kappa shape index (κ1) is 24.1. The van der Waals surface area contributed by atoms with Gasteiger partial charge in [-0.25, -0.2) is 0 Å². The summed E-state index contributed by atoms with van der Waals surface area (Å²) in [5.74, 6) is -0.0163. The molecule has 1 aromatic carbocycles. The Kier molecular flexibility index (Phi) is 7.50. The molecular weight excluding hydrogens is 398 g/mol. The van der Waals surface area contributed by atoms with Gasteiger partial charge in [0.2, 0.25) is 5.91 Å². The lowest BCUT2D eigenvalue weighted by molar-refractivity contribution is -0.123. The SMILES string of the molecule is C=C[C@@](C)(CCC=C(C)C)c1ccc2c3c(c[nH]c13)C[C@@H](CO)NC(=O)[C@H](CCC)N2C. The number of hydrogen-bond acceptors (Lipinski definition) is 3. The lowest BCUT2D eigenvalue weighted by atomic mass is 9.77. The summed E-state index contributed by atoms with van der Waals surface area (Å²) in [6, 6.07) is 3.79. The van der Waals surface area contributed by atoms with Crippen LogP contribution in [0, 0.1) is 0 Å². The van der Waals surface area contributed by atoms with Gasteiger partial charge in [0.25, 0.3) is 0 Å². The maximum Gasteiger partial charge on any atom is 0.242 e. The summed E-state index contributed by atoms with van der Waals surface area (Å²) in [6.45, 7) is 12.7. The number of nitrogens with zero attached hydrogens (tertiary/aromatic N) is 1. The number of hydrogen-bond donors (Lipinski definition) is 3. The molecule has 5 heteroatoms. The topological polar surface area (TPSA) is 68.4 Å². The number of allylic oxidation sites excluding steroid dienone is 3. The molecular formula is C27H39N3O2. The molecule has 1 amide bonds. The van der Waals surface area contributed by atoms with Crippen LogP contribution in [0.5, 0.6) is 0 Å². The van der Waals surface area contributed by atoms with Gasteiger partial charge in [-0.3, -0.25) is 4.79 Å². The normalized spacial score (nSPS) is 20.7. The van der Waals surface area contributed by atoms with Crippen LogP contribution in [0.2, 0.25) is 0 Å². The van der Waals surface area contributed by atoms with E-state index in [1.54, 1.807) is 0 Å². The molecule has 0 bridgehead atoms. The minimum Gasteiger partial charge on any atom is -0.394 e. The van der Waals surface area contributed by atoms with E-state index in [-0.39, 0.29) is 30.0 Å². The van der Waals surface area contributed by atoms with E-state index in [0.29, 0.717) is 6.42 Å². The van der Waals surface area contributed by atoms with Crippen LogP contribution in [0.25, 0.3) is 10.9 Å². The van der Waals surface area contributed by atoms with Crippen molar-refractivity contribution >= 4 is 22.5 Å². The number of rotatable bonds is 8. The van der Waals surface area contributed by atoms with Crippen LogP contribution in [-0.4, -0.2) is 41.7 Å². The first-order valence-corrected chi connectivity index (χ1v) is 11.8. The highest BCUT2D eigenvalue weighted by Gasteiger charge is 2.32. The number of benzene rings is 1. The van der Waals surface area contributed by atoms with Gasteiger partial charge in [0.15, 0.2) is 0 Å². The molecule has 0 unspecified atom stereocenters. The van der Waals surface area contributed by atoms with Gasteiger partial charge in [-0.2, -0.15) is 0 Å². The highest BCUT2D eigenvalue weighted by molar-refractivity contribution is 6.00. The van der Waals surface area contributed by atoms with Crippen molar-refractivity contribution in [1.29, 1.82) is 0 Å². The van der Waals surface area contributed by atoms with Gasteiger partial charge in [-0.15, -0.1) is 6.58 Å². The van der Waals surface area contributed by atoms with Crippen molar-refractivity contribution in [3.63, 3.8) is 0 Å². The molecule has 1 aromatic heterocycles. The summed E-state index contributed by atoms with van der Waals surface area (Å²) in [6.07, 6.45) is 10.6. The van der Waals surface area contributed by atoms with Crippen molar-refractivity contribution in [3.8, 4) is 0 Å². The third kappa shape index (κ3) is 4.63. The Hall–Kier alpha value is -2.53. The molecule has 0 spiro atoms. The lowest BCUT2D eigenvalue weighted by Gasteiger charge is -2.32. The van der Waals surface area contributed by atoms with Crippen LogP contribution in [0.4, 0.5) is 5.69 Å². The zero-order valence-corrected chi connectivity index (χ0v) is 20.3. The molecule has 2 heterocycles. The summed E-state index contributed by atoms with van der Waals surface area (Å²) >= 11 is 0. The summed E-state index contributed by atoms with van der Waals surface area (Å²) in [5, 5.41) is 14.2. The molecule has 5 nitrogen and oxygen atoms in total. The van der Waals surface area contributed by atoms with Gasteiger partial charge in [-0.05, 0) is 56.7 Å². The monoisotopic (exact) mass is 437 g/mol. The quantitative estimate of drug-likeness (QED) is 0.509. The van der Waals surface area contributed by atoms with Crippen LogP contribution in [-0.2, 0) is 16.6 Å². The first-order chi connectivity index (χ1) is 15.3. The number of aromatic nitrogens is 1. The van der Waals surface area contributed by atoms with Gasteiger partial charge in [0.05, 0.1) is 18.2 Å². The van der Waals surface area contributed by atoms with Crippen molar-refractivity contribution in [1.82, 2.24) is 10.3 Å². The molecule has 2 aromatic rings. The molecule has 3 rings (SSSR count). The fraction of sp³-hybridized carbons (Fsp3) is 0.519. The third-order valence-electron chi connectivity index (χ3n) is 6.92. The van der Waals surface area contributed by atoms with E-state index >= 15 is 0 Å². The molecule has 32 heavy (non-hydrogen) atoms. The number of anilines is 1. The molecule has 0 saturated carbocycles. The van der Waals surface area contributed by atoms with Crippen LogP contribution in [0.15, 0.2) is 42.6 Å². The predicted octanol–water partition coefficient (Wildman–Crippen LogP) is 5.00. The second-order valence-corrected chi connectivity index (χ2v) is 9.65. The van der Waals surface area contributed by atoms with Crippen molar-refractivity contribution in [2.45, 2.75) is 77.3 Å². The maximum absolute atomic E-state index is 13.0. The molecule has 3 atom stereocenters. The molecule has 1 aliphatic rings. The van der Waals surface area contributed by atoms with Gasteiger partial charge in [-0.1, -0.05) is 44.1 Å². The maximum atomic E-state index is 13.0. The van der Waals surface area contributed by atoms with Gasteiger partial charge in [0.1, 0.15) is 6.04 Å². The number of aliphatic hydroxyl groups excluding tert-OH is 1. The summed E-state index contributed by atoms with van der Waals surface area (Å²) in [7, 11) is 2.01. The zero-order valence-electron chi connectivity index (χ0n) is 20.3. The largest absolute Gasteiger partial charge is 0.394 e. The van der Waals surface area contributed by atoms with Gasteiger partial charge < -0.3 is 20.3 Å². The van der Waals surface area contributed by atoms with Crippen LogP contribution in [0.1, 0.15) is 64.5 Å². The molecule has 0 aliphatic carbocycles. The number of aromatic amines is 1. The first-order valence-electron chi connectivity index (χ1n) is 11.8. The van der Waals surface area contributed by atoms with Crippen molar-refractivity contribution < 1.29 is 9.90 Å². The second-order valence-electron chi connectivity index (χ2n) is 9.65. The van der Waals surface area contributed by atoms with Gasteiger partial charge >= 0.3 is 0 Å². The summed E-state index contributed by atoms with van der Waals surface area (Å²) in [5.41, 5.74) is 5.65. The Morgan fingerprint density at radius 2 is 2.12 bits per heavy atom. The van der Waals surface area contributed by atoms with Crippen molar-refractivity contribution in [3.05, 3.63) is 53.8 Å². The molecule has 0 saturated heterocycles. The fourth-order valence-corrected chi connectivity index (χ4v) is 4.90. The summed E-state index contributed by atoms with van der Waals surface area (Å²) in [4.78, 5) is 18.7. The lowest BCUT2D eigenvalue weighted by Crippen LogP contribution is -2.49. The van der Waals surface area contributed by atoms with E-state index in [0.717, 1.165) is 47.8 Å². The van der Waals surface area contributed by atoms with Crippen molar-refractivity contribution in [2.24, 2.45) is 0 Å². The van der Waals surface area contributed by atoms with E-state index in [2.05, 4.69) is 73.8 Å². The second kappa shape index (κ2) is 9.95. The van der Waals surface area contributed by atoms with Gasteiger partial charge in [0, 0.05) is 29.7 Å². The number of carbonyl (C=O) groups excluding carboxylic acids is 1. The Labute approximate surface area is 192 Å². The van der Waals surface area contributed by atoms with Crippen LogP contribution in [0.3, 0.4) is 0 Å². The average Bonchev–Trinajstić information content (AvgIpc) is 3.19. The number of likely N-dealkylation sites (N-methyl/N-ethyl adjacent to an activating group) is 1. The van der Waals surface area contributed by atoms with Crippen molar-refractivity contribution in [2.75, 3.05) is 18.6 Å². The Balaban J connectivity index is 2.17. The minimum atomic E-state index is -0.299. The van der Waals surface area contributed by atoms with Crippen LogP contribution >= 0.6 is 0 Å². The average molecular weight is 438 g/mol. The standard InChI is InChI=1S/C27H39N3O2/c1-7-10-23-26(32)29-20(17-31)15-19-16-28-25-21(12-13-22(24(19)25)30(23)6)27(5,8-2)14-9-11-18(3)4/h8,11-13,16,20,23,28,31H,2,7,9-10,14-15,17H2,1,3-6H3,(H,29,32)/t20-,23-,27-/m0/s1. The van der Waals surface area contributed by atoms with E-state index in [9.17, 15) is 9.90 Å². The molecule has 1 aliphatic heterocycles. The molecule has 0 radical (unpaired) electrons. The zero-order chi connectivity index (χ0) is 23.5.